The Balaban J connectivity index is 0.00000151. The first-order valence-corrected chi connectivity index (χ1v) is 10.6. The molecule has 0 fully saturated rings. The second-order valence-electron chi connectivity index (χ2n) is 8.41. The molecule has 5 N–H and O–H groups in total. The van der Waals surface area contributed by atoms with Crippen molar-refractivity contribution in [3.63, 3.8) is 0 Å². The van der Waals surface area contributed by atoms with Crippen LogP contribution in [0, 0.1) is 0 Å². The van der Waals surface area contributed by atoms with Crippen molar-refractivity contribution in [3.8, 4) is 0 Å². The normalized spacial score (nSPS) is 13.0. The summed E-state index contributed by atoms with van der Waals surface area (Å²) in [7, 11) is 0. The van der Waals surface area contributed by atoms with Crippen LogP contribution in [0.1, 0.15) is 59.9 Å². The molecule has 2 amide bonds. The first-order chi connectivity index (χ1) is 14.4. The summed E-state index contributed by atoms with van der Waals surface area (Å²) < 4.78 is 6.87. The topological polar surface area (TPSA) is 129 Å². The molecule has 8 nitrogen and oxygen atoms in total. The third kappa shape index (κ3) is 7.71. The molecule has 31 heavy (non-hydrogen) atoms. The first-order valence-electron chi connectivity index (χ1n) is 10.6. The zero-order valence-electron chi connectivity index (χ0n) is 19.4. The van der Waals surface area contributed by atoms with Gasteiger partial charge in [-0.3, -0.25) is 14.2 Å². The molecule has 0 aliphatic carbocycles. The van der Waals surface area contributed by atoms with E-state index in [0.29, 0.717) is 11.9 Å². The van der Waals surface area contributed by atoms with E-state index in [1.165, 1.54) is 11.0 Å². The Morgan fingerprint density at radius 2 is 1.71 bits per heavy atom. The Hall–Kier alpha value is -2.87. The molecule has 2 aromatic rings. The average Bonchev–Trinajstić information content (AvgIpc) is 3.03. The van der Waals surface area contributed by atoms with E-state index in [9.17, 15) is 14.4 Å². The summed E-state index contributed by atoms with van der Waals surface area (Å²) in [5.74, 6) is -1.08. The molecule has 2 unspecified atom stereocenters. The molecule has 2 atom stereocenters. The summed E-state index contributed by atoms with van der Waals surface area (Å²) in [5, 5.41) is 3.36. The van der Waals surface area contributed by atoms with Crippen molar-refractivity contribution in [2.75, 3.05) is 0 Å². The number of rotatable bonds is 6. The number of hydrogen-bond donors (Lipinski definition) is 3. The van der Waals surface area contributed by atoms with E-state index < -0.39 is 35.6 Å². The number of para-hydroxylation sites is 1. The molecule has 0 saturated heterocycles. The fraction of sp³-hybridized carbons (Fsp3) is 0.522. The molecular weight excluding hydrogens is 396 g/mol. The van der Waals surface area contributed by atoms with Crippen molar-refractivity contribution in [2.24, 2.45) is 11.5 Å². The predicted octanol–water partition coefficient (Wildman–Crippen LogP) is 3.09. The Bertz CT molecular complexity index is 899. The number of nitrogens with zero attached hydrogens (tertiary/aromatic N) is 1. The molecule has 0 aliphatic heterocycles. The Kier molecular flexibility index (Phi) is 9.71. The maximum Gasteiger partial charge on any atom is 0.419 e. The molecular formula is C23H36N4O4. The van der Waals surface area contributed by atoms with Crippen LogP contribution in [0.4, 0.5) is 4.79 Å². The van der Waals surface area contributed by atoms with Gasteiger partial charge in [0.2, 0.25) is 11.8 Å². The number of primary amides is 1. The summed E-state index contributed by atoms with van der Waals surface area (Å²) in [5.41, 5.74) is 12.1. The number of nitrogens with two attached hydrogens (primary N) is 2. The fourth-order valence-corrected chi connectivity index (χ4v) is 2.86. The van der Waals surface area contributed by atoms with E-state index in [-0.39, 0.29) is 6.42 Å². The minimum atomic E-state index is -0.897. The highest BCUT2D eigenvalue weighted by Crippen LogP contribution is 2.24. The second kappa shape index (κ2) is 11.5. The standard InChI is InChI=1S/C20H28N4O4.C3H8/c1-5-15(17(22)25)23-18(26)14(21)10-12-11-24(19(27)28-20(2,3)4)16-9-7-6-8-13(12)16;1-3-2/h6-9,11,14-15H,5,10,21H2,1-4H3,(H2,22,25)(H,23,26);3H2,1-2H3. The van der Waals surface area contributed by atoms with Gasteiger partial charge in [0, 0.05) is 11.6 Å². The van der Waals surface area contributed by atoms with Crippen LogP contribution < -0.4 is 16.8 Å². The Morgan fingerprint density at radius 3 is 2.23 bits per heavy atom. The maximum atomic E-state index is 12.5. The molecule has 8 heteroatoms. The number of hydrogen-bond acceptors (Lipinski definition) is 5. The molecule has 172 valence electrons. The van der Waals surface area contributed by atoms with Crippen LogP contribution >= 0.6 is 0 Å². The van der Waals surface area contributed by atoms with Crippen molar-refractivity contribution in [3.05, 3.63) is 36.0 Å². The molecule has 2 rings (SSSR count). The van der Waals surface area contributed by atoms with Gasteiger partial charge in [0.05, 0.1) is 11.6 Å². The van der Waals surface area contributed by atoms with Crippen molar-refractivity contribution < 1.29 is 19.1 Å². The van der Waals surface area contributed by atoms with Crippen molar-refractivity contribution in [1.82, 2.24) is 9.88 Å². The highest BCUT2D eigenvalue weighted by molar-refractivity contribution is 5.93. The Morgan fingerprint density at radius 1 is 1.13 bits per heavy atom. The lowest BCUT2D eigenvalue weighted by Gasteiger charge is -2.19. The lowest BCUT2D eigenvalue weighted by Crippen LogP contribution is -2.50. The van der Waals surface area contributed by atoms with Crippen molar-refractivity contribution in [2.45, 2.75) is 78.5 Å². The number of benzene rings is 1. The van der Waals surface area contributed by atoms with E-state index >= 15 is 0 Å². The van der Waals surface area contributed by atoms with Gasteiger partial charge in [0.25, 0.3) is 0 Å². The van der Waals surface area contributed by atoms with E-state index in [1.54, 1.807) is 40.0 Å². The van der Waals surface area contributed by atoms with Gasteiger partial charge in [0.15, 0.2) is 0 Å². The monoisotopic (exact) mass is 432 g/mol. The van der Waals surface area contributed by atoms with Gasteiger partial charge in [-0.2, -0.15) is 0 Å². The van der Waals surface area contributed by atoms with Crippen LogP contribution in [0.2, 0.25) is 0 Å². The highest BCUT2D eigenvalue weighted by Gasteiger charge is 2.24. The van der Waals surface area contributed by atoms with Crippen LogP contribution in [-0.2, 0) is 20.7 Å². The van der Waals surface area contributed by atoms with Crippen LogP contribution in [0.25, 0.3) is 10.9 Å². The summed E-state index contributed by atoms with van der Waals surface area (Å²) in [6.07, 6.45) is 2.95. The maximum absolute atomic E-state index is 12.5. The quantitative estimate of drug-likeness (QED) is 0.646. The van der Waals surface area contributed by atoms with Crippen molar-refractivity contribution >= 4 is 28.8 Å². The average molecular weight is 433 g/mol. The molecule has 0 saturated carbocycles. The summed E-state index contributed by atoms with van der Waals surface area (Å²) in [4.78, 5) is 36.2. The molecule has 0 spiro atoms. The van der Waals surface area contributed by atoms with Crippen LogP contribution in [0.5, 0.6) is 0 Å². The smallest absolute Gasteiger partial charge is 0.419 e. The molecule has 0 radical (unpaired) electrons. The van der Waals surface area contributed by atoms with Gasteiger partial charge in [0.1, 0.15) is 11.6 Å². The number of carbonyl (C=O) groups is 3. The molecule has 1 heterocycles. The summed E-state index contributed by atoms with van der Waals surface area (Å²) >= 11 is 0. The van der Waals surface area contributed by atoms with Crippen molar-refractivity contribution in [1.29, 1.82) is 0 Å². The summed E-state index contributed by atoms with van der Waals surface area (Å²) in [6, 6.07) is 5.66. The number of nitrogens with one attached hydrogen (secondary N) is 1. The predicted molar refractivity (Wildman–Crippen MR) is 123 cm³/mol. The second-order valence-corrected chi connectivity index (χ2v) is 8.41. The zero-order chi connectivity index (χ0) is 23.8. The Labute approximate surface area is 184 Å². The highest BCUT2D eigenvalue weighted by atomic mass is 16.6. The van der Waals surface area contributed by atoms with E-state index in [4.69, 9.17) is 16.2 Å². The largest absolute Gasteiger partial charge is 0.443 e. The van der Waals surface area contributed by atoms with Crippen LogP contribution in [0.3, 0.4) is 0 Å². The molecule has 1 aromatic heterocycles. The van der Waals surface area contributed by atoms with Crippen LogP contribution in [-0.4, -0.2) is 40.2 Å². The summed E-state index contributed by atoms with van der Waals surface area (Å²) in [6.45, 7) is 11.4. The lowest BCUT2D eigenvalue weighted by molar-refractivity contribution is -0.128. The van der Waals surface area contributed by atoms with Crippen LogP contribution in [0.15, 0.2) is 30.5 Å². The zero-order valence-corrected chi connectivity index (χ0v) is 19.4. The fourth-order valence-electron chi connectivity index (χ4n) is 2.86. The third-order valence-corrected chi connectivity index (χ3v) is 4.23. The van der Waals surface area contributed by atoms with E-state index in [0.717, 1.165) is 10.9 Å². The van der Waals surface area contributed by atoms with E-state index in [2.05, 4.69) is 19.2 Å². The van der Waals surface area contributed by atoms with Gasteiger partial charge < -0.3 is 21.5 Å². The van der Waals surface area contributed by atoms with Gasteiger partial charge >= 0.3 is 6.09 Å². The third-order valence-electron chi connectivity index (χ3n) is 4.23. The minimum absolute atomic E-state index is 0.192. The molecule has 0 bridgehead atoms. The lowest BCUT2D eigenvalue weighted by atomic mass is 10.0. The van der Waals surface area contributed by atoms with Gasteiger partial charge in [-0.25, -0.2) is 4.79 Å². The number of carbonyl (C=O) groups excluding carboxylic acids is 3. The van der Waals surface area contributed by atoms with E-state index in [1.807, 2.05) is 18.2 Å². The van der Waals surface area contributed by atoms with Gasteiger partial charge in [-0.05, 0) is 45.2 Å². The number of amides is 2. The number of ether oxygens (including phenoxy) is 1. The minimum Gasteiger partial charge on any atom is -0.443 e. The number of fused-ring (bicyclic) bond motifs is 1. The number of aromatic nitrogens is 1. The van der Waals surface area contributed by atoms with Gasteiger partial charge in [-0.1, -0.05) is 45.4 Å². The molecule has 0 aliphatic rings. The molecule has 1 aromatic carbocycles. The first kappa shape index (κ1) is 26.2. The SMILES string of the molecule is CCC.CCC(NC(=O)C(N)Cc1cn(C(=O)OC(C)(C)C)c2ccccc12)C(N)=O. The van der Waals surface area contributed by atoms with Gasteiger partial charge in [-0.15, -0.1) is 0 Å².